The fourth-order valence-electron chi connectivity index (χ4n) is 11.0. The Morgan fingerprint density at radius 2 is 0.730 bits per heavy atom. The van der Waals surface area contributed by atoms with Crippen molar-refractivity contribution in [3.63, 3.8) is 0 Å². The van der Waals surface area contributed by atoms with Gasteiger partial charge in [0.15, 0.2) is 8.07 Å². The van der Waals surface area contributed by atoms with Crippen molar-refractivity contribution >= 4 is 50.6 Å². The van der Waals surface area contributed by atoms with Gasteiger partial charge in [-0.25, -0.2) is 0 Å². The van der Waals surface area contributed by atoms with Crippen LogP contribution < -0.4 is 20.7 Å². The van der Waals surface area contributed by atoms with Crippen LogP contribution in [0, 0.1) is 0 Å². The fourth-order valence-corrected chi connectivity index (χ4v) is 15.7. The molecule has 1 aromatic heterocycles. The first kappa shape index (κ1) is 37.0. The zero-order chi connectivity index (χ0) is 41.8. The van der Waals surface area contributed by atoms with Crippen LogP contribution in [0.15, 0.2) is 261 Å². The number of fused-ring (bicyclic) bond motifs is 6. The van der Waals surface area contributed by atoms with Gasteiger partial charge in [0.1, 0.15) is 0 Å². The molecule has 0 saturated heterocycles. The summed E-state index contributed by atoms with van der Waals surface area (Å²) < 4.78 is 2.44. The summed E-state index contributed by atoms with van der Waals surface area (Å²) in [4.78, 5) is 0. The van der Waals surface area contributed by atoms with E-state index < -0.39 is 13.5 Å². The van der Waals surface area contributed by atoms with E-state index in [1.165, 1.54) is 87.1 Å². The summed E-state index contributed by atoms with van der Waals surface area (Å²) >= 11 is 0. The van der Waals surface area contributed by atoms with Crippen molar-refractivity contribution in [2.24, 2.45) is 0 Å². The number of benzene rings is 10. The molecule has 0 atom stereocenters. The molecule has 0 fully saturated rings. The van der Waals surface area contributed by atoms with Crippen LogP contribution in [0.2, 0.25) is 0 Å². The van der Waals surface area contributed by atoms with Gasteiger partial charge in [0.25, 0.3) is 0 Å². The number of para-hydroxylation sites is 1. The van der Waals surface area contributed by atoms with Crippen LogP contribution in [0.1, 0.15) is 22.3 Å². The molecule has 11 aromatic rings. The summed E-state index contributed by atoms with van der Waals surface area (Å²) in [6.45, 7) is 0. The lowest BCUT2D eigenvalue weighted by molar-refractivity contribution is 0.768. The molecule has 1 aliphatic rings. The minimum atomic E-state index is -2.72. The molecule has 0 saturated carbocycles. The minimum absolute atomic E-state index is 0.540. The van der Waals surface area contributed by atoms with Crippen molar-refractivity contribution in [3.05, 3.63) is 283 Å². The highest BCUT2D eigenvalue weighted by molar-refractivity contribution is 7.19. The minimum Gasteiger partial charge on any atom is -0.309 e. The fraction of sp³-hybridized carbons (Fsp3) is 0.0164. The molecule has 0 bridgehead atoms. The maximum absolute atomic E-state index is 2.72. The van der Waals surface area contributed by atoms with Gasteiger partial charge >= 0.3 is 0 Å². The third-order valence-electron chi connectivity index (χ3n) is 13.7. The zero-order valence-corrected chi connectivity index (χ0v) is 35.8. The standard InChI is InChI=1S/C61H43NSi/c1-5-19-44(20-6-1)45-33-42-56-55-29-15-18-32-59(55)62(60(56)43-45)48-38-34-46(35-39-48)61(57-30-16-13-27-53(57)54-28-14-17-31-58(54)61)47-36-40-52(41-37-47)63(49-21-7-2-8-22-49,50-23-9-3-10-24-50)51-25-11-4-12-26-51/h1-43H. The second-order valence-electron chi connectivity index (χ2n) is 16.8. The summed E-state index contributed by atoms with van der Waals surface area (Å²) in [5.41, 5.74) is 13.2. The molecule has 0 amide bonds. The van der Waals surface area contributed by atoms with Crippen LogP contribution in [0.3, 0.4) is 0 Å². The highest BCUT2D eigenvalue weighted by atomic mass is 28.3. The van der Waals surface area contributed by atoms with Crippen molar-refractivity contribution in [3.8, 4) is 27.9 Å². The number of aromatic nitrogens is 1. The third kappa shape index (κ3) is 5.62. The van der Waals surface area contributed by atoms with E-state index in [2.05, 4.69) is 265 Å². The first-order chi connectivity index (χ1) is 31.3. The SMILES string of the molecule is c1ccc(-c2ccc3c4ccccc4n(-c4ccc(C5(c6ccc([Si](c7ccccc7)(c7ccccc7)c7ccccc7)cc6)c6ccccc6-c6ccccc65)cc4)c3c2)cc1. The highest BCUT2D eigenvalue weighted by Gasteiger charge is 2.47. The smallest absolute Gasteiger partial charge is 0.179 e. The summed E-state index contributed by atoms with van der Waals surface area (Å²) in [6.07, 6.45) is 0. The van der Waals surface area contributed by atoms with E-state index in [0.717, 1.165) is 5.69 Å². The molecule has 1 nitrogen and oxygen atoms in total. The zero-order valence-electron chi connectivity index (χ0n) is 34.8. The molecular weight excluding hydrogens is 775 g/mol. The van der Waals surface area contributed by atoms with E-state index in [4.69, 9.17) is 0 Å². The lowest BCUT2D eigenvalue weighted by atomic mass is 9.68. The molecule has 0 radical (unpaired) electrons. The molecule has 0 spiro atoms. The first-order valence-electron chi connectivity index (χ1n) is 21.9. The Morgan fingerprint density at radius 1 is 0.302 bits per heavy atom. The van der Waals surface area contributed by atoms with E-state index in [-0.39, 0.29) is 0 Å². The second-order valence-corrected chi connectivity index (χ2v) is 20.6. The van der Waals surface area contributed by atoms with Crippen LogP contribution in [-0.4, -0.2) is 12.6 Å². The van der Waals surface area contributed by atoms with E-state index in [1.807, 2.05) is 0 Å². The van der Waals surface area contributed by atoms with Crippen molar-refractivity contribution in [1.82, 2.24) is 4.57 Å². The Balaban J connectivity index is 1.07. The molecule has 2 heteroatoms. The number of hydrogen-bond acceptors (Lipinski definition) is 0. The van der Waals surface area contributed by atoms with Gasteiger partial charge in [-0.15, -0.1) is 0 Å². The summed E-state index contributed by atoms with van der Waals surface area (Å²) in [7, 11) is -2.72. The average Bonchev–Trinajstić information content (AvgIpc) is 3.86. The lowest BCUT2D eigenvalue weighted by Gasteiger charge is -2.36. The maximum Gasteiger partial charge on any atom is 0.179 e. The van der Waals surface area contributed by atoms with Gasteiger partial charge in [0, 0.05) is 16.5 Å². The summed E-state index contributed by atoms with van der Waals surface area (Å²) in [5.74, 6) is 0. The van der Waals surface area contributed by atoms with Gasteiger partial charge in [0.2, 0.25) is 0 Å². The van der Waals surface area contributed by atoms with Crippen LogP contribution in [0.4, 0.5) is 0 Å². The van der Waals surface area contributed by atoms with Gasteiger partial charge < -0.3 is 4.57 Å². The van der Waals surface area contributed by atoms with Crippen LogP contribution >= 0.6 is 0 Å². The van der Waals surface area contributed by atoms with E-state index in [0.29, 0.717) is 0 Å². The van der Waals surface area contributed by atoms with Crippen molar-refractivity contribution in [2.45, 2.75) is 5.41 Å². The predicted octanol–water partition coefficient (Wildman–Crippen LogP) is 12.2. The van der Waals surface area contributed by atoms with E-state index >= 15 is 0 Å². The van der Waals surface area contributed by atoms with Crippen LogP contribution in [0.25, 0.3) is 49.7 Å². The molecule has 296 valence electrons. The third-order valence-corrected chi connectivity index (χ3v) is 18.5. The molecule has 0 unspecified atom stereocenters. The molecule has 1 aliphatic carbocycles. The first-order valence-corrected chi connectivity index (χ1v) is 23.9. The van der Waals surface area contributed by atoms with Gasteiger partial charge in [-0.1, -0.05) is 237 Å². The quantitative estimate of drug-likeness (QED) is 0.106. The Hall–Kier alpha value is -7.78. The van der Waals surface area contributed by atoms with Gasteiger partial charge in [-0.05, 0) is 89.5 Å². The Labute approximate surface area is 369 Å². The number of nitrogens with zero attached hydrogens (tertiary/aromatic N) is 1. The Bertz CT molecular complexity index is 3270. The molecule has 0 aliphatic heterocycles. The highest BCUT2D eigenvalue weighted by Crippen LogP contribution is 2.56. The second kappa shape index (κ2) is 15.0. The van der Waals surface area contributed by atoms with E-state index in [1.54, 1.807) is 0 Å². The topological polar surface area (TPSA) is 4.93 Å². The van der Waals surface area contributed by atoms with Gasteiger partial charge in [-0.3, -0.25) is 0 Å². The largest absolute Gasteiger partial charge is 0.309 e. The molecule has 0 N–H and O–H groups in total. The van der Waals surface area contributed by atoms with Gasteiger partial charge in [0.05, 0.1) is 16.4 Å². The maximum atomic E-state index is 2.45. The molecule has 10 aromatic carbocycles. The van der Waals surface area contributed by atoms with Crippen molar-refractivity contribution in [1.29, 1.82) is 0 Å². The van der Waals surface area contributed by atoms with Crippen LogP contribution in [0.5, 0.6) is 0 Å². The molecule has 1 heterocycles. The molecule has 12 rings (SSSR count). The van der Waals surface area contributed by atoms with Crippen molar-refractivity contribution in [2.75, 3.05) is 0 Å². The summed E-state index contributed by atoms with van der Waals surface area (Å²) in [5, 5.41) is 7.99. The average molecular weight is 818 g/mol. The van der Waals surface area contributed by atoms with Crippen molar-refractivity contribution < 1.29 is 0 Å². The predicted molar refractivity (Wildman–Crippen MR) is 267 cm³/mol. The molecule has 63 heavy (non-hydrogen) atoms. The summed E-state index contributed by atoms with van der Waals surface area (Å²) in [6, 6.07) is 97.4. The van der Waals surface area contributed by atoms with E-state index in [9.17, 15) is 0 Å². The Kier molecular flexibility index (Phi) is 8.81. The monoisotopic (exact) mass is 817 g/mol. The van der Waals surface area contributed by atoms with Crippen LogP contribution in [-0.2, 0) is 5.41 Å². The van der Waals surface area contributed by atoms with Gasteiger partial charge in [-0.2, -0.15) is 0 Å². The Morgan fingerprint density at radius 3 is 1.29 bits per heavy atom. The molecular formula is C61H43NSi. The number of rotatable bonds is 8. The lowest BCUT2D eigenvalue weighted by Crippen LogP contribution is -2.74. The number of hydrogen-bond donors (Lipinski definition) is 0. The normalized spacial score (nSPS) is 12.9.